The monoisotopic (exact) mass is 512 g/mol. The van der Waals surface area contributed by atoms with E-state index in [1.165, 1.54) is 37.0 Å². The summed E-state index contributed by atoms with van der Waals surface area (Å²) in [6.45, 7) is 4.76. The fraction of sp³-hybridized carbons (Fsp3) is 0.773. The topological polar surface area (TPSA) is 73.8 Å². The Bertz CT molecular complexity index is 698. The van der Waals surface area contributed by atoms with Crippen molar-refractivity contribution in [3.05, 3.63) is 12.2 Å². The summed E-state index contributed by atoms with van der Waals surface area (Å²) in [5.74, 6) is 2.15. The Hall–Kier alpha value is -1.12. The van der Waals surface area contributed by atoms with Gasteiger partial charge in [0.25, 0.3) is 0 Å². The molecule has 4 fully saturated rings. The molecule has 0 radical (unpaired) electrons. The van der Waals surface area contributed by atoms with Crippen molar-refractivity contribution in [2.45, 2.75) is 45.4 Å². The first-order valence-electron chi connectivity index (χ1n) is 11.2. The molecule has 29 heavy (non-hydrogen) atoms. The standard InChI is InChI=1S/C22H32N4O2.HI/c1-2-23-21(25-13-22(8-3-9-22)16-6-7-16)24-10-11-26-19(27)17-14-4-5-15(12-14)18(17)20(26)28;/h4-5,14-18H,2-3,6-13H2,1H3,(H2,23,24,25);1H. The molecule has 0 spiro atoms. The summed E-state index contributed by atoms with van der Waals surface area (Å²) in [6, 6.07) is 0. The van der Waals surface area contributed by atoms with Gasteiger partial charge in [0.2, 0.25) is 11.8 Å². The number of fused-ring (bicyclic) bond motifs is 5. The van der Waals surface area contributed by atoms with Gasteiger partial charge in [-0.25, -0.2) is 0 Å². The molecular formula is C22H33IN4O2. The van der Waals surface area contributed by atoms with Gasteiger partial charge in [-0.2, -0.15) is 0 Å². The van der Waals surface area contributed by atoms with Crippen LogP contribution in [0.3, 0.4) is 0 Å². The smallest absolute Gasteiger partial charge is 0.233 e. The van der Waals surface area contributed by atoms with Gasteiger partial charge in [-0.3, -0.25) is 19.5 Å². The average Bonchev–Trinajstić information content (AvgIpc) is 3.20. The molecule has 0 aromatic heterocycles. The zero-order chi connectivity index (χ0) is 19.3. The van der Waals surface area contributed by atoms with Crippen LogP contribution in [-0.4, -0.2) is 48.9 Å². The first kappa shape index (κ1) is 21.1. The van der Waals surface area contributed by atoms with Crippen LogP contribution in [0.25, 0.3) is 0 Å². The van der Waals surface area contributed by atoms with Gasteiger partial charge in [-0.15, -0.1) is 24.0 Å². The van der Waals surface area contributed by atoms with E-state index in [1.54, 1.807) is 0 Å². The lowest BCUT2D eigenvalue weighted by atomic mass is 9.65. The van der Waals surface area contributed by atoms with Crippen LogP contribution in [0.2, 0.25) is 0 Å². The fourth-order valence-electron chi connectivity index (χ4n) is 6.07. The maximum absolute atomic E-state index is 12.8. The van der Waals surface area contributed by atoms with Crippen LogP contribution in [0.5, 0.6) is 0 Å². The highest BCUT2D eigenvalue weighted by molar-refractivity contribution is 14.0. The maximum Gasteiger partial charge on any atom is 0.233 e. The molecule has 7 heteroatoms. The molecule has 0 aromatic rings. The summed E-state index contributed by atoms with van der Waals surface area (Å²) in [7, 11) is 0. The molecule has 6 nitrogen and oxygen atoms in total. The van der Waals surface area contributed by atoms with Crippen LogP contribution in [0, 0.1) is 35.0 Å². The van der Waals surface area contributed by atoms with E-state index in [9.17, 15) is 9.59 Å². The first-order chi connectivity index (χ1) is 13.6. The number of allylic oxidation sites excluding steroid dienone is 2. The van der Waals surface area contributed by atoms with Crippen LogP contribution in [0.1, 0.15) is 45.4 Å². The molecule has 5 rings (SSSR count). The molecule has 1 saturated heterocycles. The van der Waals surface area contributed by atoms with E-state index >= 15 is 0 Å². The number of guanidine groups is 1. The molecule has 4 unspecified atom stereocenters. The number of hydrogen-bond acceptors (Lipinski definition) is 3. The number of halogens is 1. The van der Waals surface area contributed by atoms with E-state index in [0.29, 0.717) is 18.5 Å². The lowest BCUT2D eigenvalue weighted by Crippen LogP contribution is -2.44. The highest BCUT2D eigenvalue weighted by Gasteiger charge is 2.59. The van der Waals surface area contributed by atoms with Gasteiger partial charge in [0.1, 0.15) is 0 Å². The molecular weight excluding hydrogens is 479 g/mol. The van der Waals surface area contributed by atoms with E-state index in [2.05, 4.69) is 29.7 Å². The molecule has 1 heterocycles. The fourth-order valence-corrected chi connectivity index (χ4v) is 6.07. The van der Waals surface area contributed by atoms with Gasteiger partial charge in [0, 0.05) is 26.2 Å². The summed E-state index contributed by atoms with van der Waals surface area (Å²) >= 11 is 0. The number of hydrogen-bond donors (Lipinski definition) is 2. The molecule has 0 aromatic carbocycles. The third-order valence-electron chi connectivity index (χ3n) is 7.88. The average molecular weight is 512 g/mol. The van der Waals surface area contributed by atoms with Crippen molar-refractivity contribution in [2.24, 2.45) is 40.0 Å². The Labute approximate surface area is 190 Å². The minimum atomic E-state index is -0.0959. The quantitative estimate of drug-likeness (QED) is 0.181. The highest BCUT2D eigenvalue weighted by atomic mass is 127. The molecule has 160 valence electrons. The summed E-state index contributed by atoms with van der Waals surface area (Å²) < 4.78 is 0. The van der Waals surface area contributed by atoms with Crippen molar-refractivity contribution in [2.75, 3.05) is 26.2 Å². The third kappa shape index (κ3) is 3.61. The number of aliphatic imine (C=N–C) groups is 1. The lowest BCUT2D eigenvalue weighted by molar-refractivity contribution is -0.140. The van der Waals surface area contributed by atoms with Gasteiger partial charge in [-0.1, -0.05) is 18.6 Å². The molecule has 2 amide bonds. The second-order valence-electron chi connectivity index (χ2n) is 9.44. The van der Waals surface area contributed by atoms with Crippen molar-refractivity contribution in [3.8, 4) is 0 Å². The lowest BCUT2D eigenvalue weighted by Gasteiger charge is -2.41. The minimum absolute atomic E-state index is 0. The van der Waals surface area contributed by atoms with Gasteiger partial charge >= 0.3 is 0 Å². The van der Waals surface area contributed by atoms with Crippen molar-refractivity contribution in [3.63, 3.8) is 0 Å². The number of imide groups is 1. The number of nitrogens with zero attached hydrogens (tertiary/aromatic N) is 2. The van der Waals surface area contributed by atoms with Crippen LogP contribution in [0.4, 0.5) is 0 Å². The van der Waals surface area contributed by atoms with Crippen LogP contribution < -0.4 is 10.6 Å². The molecule has 4 aliphatic carbocycles. The number of rotatable bonds is 7. The SMILES string of the molecule is CCNC(=NCC1(C2CC2)CCC1)NCCN1C(=O)C2C3C=CC(C3)C2C1=O.I. The van der Waals surface area contributed by atoms with Crippen molar-refractivity contribution in [1.29, 1.82) is 0 Å². The summed E-state index contributed by atoms with van der Waals surface area (Å²) in [5.41, 5.74) is 0.451. The summed E-state index contributed by atoms with van der Waals surface area (Å²) in [6.07, 6.45) is 12.0. The molecule has 2 bridgehead atoms. The van der Waals surface area contributed by atoms with Crippen molar-refractivity contribution < 1.29 is 9.59 Å². The van der Waals surface area contributed by atoms with Crippen LogP contribution >= 0.6 is 24.0 Å². The number of amides is 2. The largest absolute Gasteiger partial charge is 0.357 e. The molecule has 2 N–H and O–H groups in total. The van der Waals surface area contributed by atoms with E-state index in [0.717, 1.165) is 31.4 Å². The van der Waals surface area contributed by atoms with Crippen LogP contribution in [0.15, 0.2) is 17.1 Å². The Kier molecular flexibility index (Phi) is 5.97. The highest BCUT2D eigenvalue weighted by Crippen LogP contribution is 2.57. The molecule has 5 aliphatic rings. The first-order valence-corrected chi connectivity index (χ1v) is 11.2. The van der Waals surface area contributed by atoms with E-state index in [4.69, 9.17) is 4.99 Å². The second-order valence-corrected chi connectivity index (χ2v) is 9.44. The maximum atomic E-state index is 12.8. The van der Waals surface area contributed by atoms with Crippen molar-refractivity contribution in [1.82, 2.24) is 15.5 Å². The van der Waals surface area contributed by atoms with Gasteiger partial charge in [-0.05, 0) is 62.2 Å². The second kappa shape index (κ2) is 8.19. The molecule has 3 saturated carbocycles. The van der Waals surface area contributed by atoms with Gasteiger partial charge < -0.3 is 10.6 Å². The Morgan fingerprint density at radius 2 is 1.79 bits per heavy atom. The number of carbonyl (C=O) groups is 2. The molecule has 1 aliphatic heterocycles. The normalized spacial score (nSPS) is 34.1. The van der Waals surface area contributed by atoms with E-state index in [-0.39, 0.29) is 59.5 Å². The van der Waals surface area contributed by atoms with Gasteiger partial charge in [0.05, 0.1) is 11.8 Å². The number of likely N-dealkylation sites (tertiary alicyclic amines) is 1. The van der Waals surface area contributed by atoms with E-state index in [1.807, 2.05) is 0 Å². The number of nitrogens with one attached hydrogen (secondary N) is 2. The number of carbonyl (C=O) groups excluding carboxylic acids is 2. The van der Waals surface area contributed by atoms with Gasteiger partial charge in [0.15, 0.2) is 5.96 Å². The predicted octanol–water partition coefficient (Wildman–Crippen LogP) is 2.55. The minimum Gasteiger partial charge on any atom is -0.357 e. The zero-order valence-electron chi connectivity index (χ0n) is 17.2. The predicted molar refractivity (Wildman–Crippen MR) is 123 cm³/mol. The Morgan fingerprint density at radius 3 is 2.31 bits per heavy atom. The van der Waals surface area contributed by atoms with Crippen molar-refractivity contribution >= 4 is 41.8 Å². The molecule has 4 atom stereocenters. The summed E-state index contributed by atoms with van der Waals surface area (Å²) in [5, 5.41) is 6.66. The van der Waals surface area contributed by atoms with Crippen LogP contribution in [-0.2, 0) is 9.59 Å². The third-order valence-corrected chi connectivity index (χ3v) is 7.88. The zero-order valence-corrected chi connectivity index (χ0v) is 19.6. The van der Waals surface area contributed by atoms with E-state index < -0.39 is 0 Å². The Balaban J connectivity index is 0.00000205. The summed E-state index contributed by atoms with van der Waals surface area (Å²) in [4.78, 5) is 31.9. The Morgan fingerprint density at radius 1 is 1.14 bits per heavy atom.